The van der Waals surface area contributed by atoms with Gasteiger partial charge in [0.1, 0.15) is 0 Å². The third-order valence-electron chi connectivity index (χ3n) is 16.3. The molecule has 5 fully saturated rings. The summed E-state index contributed by atoms with van der Waals surface area (Å²) in [6.07, 6.45) is 17.9. The van der Waals surface area contributed by atoms with Crippen molar-refractivity contribution in [1.82, 2.24) is 10.2 Å². The van der Waals surface area contributed by atoms with E-state index in [0.29, 0.717) is 35.2 Å². The largest absolute Gasteiger partial charge is 0.478 e. The predicted molar refractivity (Wildman–Crippen MR) is 195 cm³/mol. The molecule has 1 saturated heterocycles. The predicted octanol–water partition coefficient (Wildman–Crippen LogP) is 10.4. The van der Waals surface area contributed by atoms with E-state index < -0.39 is 5.97 Å². The van der Waals surface area contributed by atoms with E-state index in [0.717, 1.165) is 51.6 Å². The van der Waals surface area contributed by atoms with Crippen molar-refractivity contribution in [2.45, 2.75) is 131 Å². The van der Waals surface area contributed by atoms with E-state index in [9.17, 15) is 14.7 Å². The Labute approximate surface area is 290 Å². The second kappa shape index (κ2) is 11.8. The zero-order valence-electron chi connectivity index (χ0n) is 30.8. The number of fused-ring (bicyclic) bond motifs is 7. The molecule has 1 aliphatic heterocycles. The van der Waals surface area contributed by atoms with Crippen molar-refractivity contribution in [3.63, 3.8) is 0 Å². The molecule has 0 unspecified atom stereocenters. The first-order valence-electron chi connectivity index (χ1n) is 19.4. The Morgan fingerprint density at radius 1 is 0.833 bits per heavy atom. The van der Waals surface area contributed by atoms with Crippen LogP contribution in [-0.2, 0) is 0 Å². The van der Waals surface area contributed by atoms with E-state index in [-0.39, 0.29) is 33.2 Å². The van der Waals surface area contributed by atoms with Crippen LogP contribution in [0.4, 0.5) is 4.79 Å². The topological polar surface area (TPSA) is 69.6 Å². The van der Waals surface area contributed by atoms with Gasteiger partial charge in [0.15, 0.2) is 0 Å². The molecular formula is C43H62N2O3. The van der Waals surface area contributed by atoms with Crippen LogP contribution < -0.4 is 5.32 Å². The molecule has 0 radical (unpaired) electrons. The average Bonchev–Trinajstić information content (AvgIpc) is 3.20. The molecule has 7 rings (SSSR count). The summed E-state index contributed by atoms with van der Waals surface area (Å²) in [4.78, 5) is 27.6. The Morgan fingerprint density at radius 2 is 1.52 bits per heavy atom. The summed E-state index contributed by atoms with van der Waals surface area (Å²) in [5.74, 6) is 1.91. The lowest BCUT2D eigenvalue weighted by molar-refractivity contribution is -0.218. The number of aromatic carboxylic acids is 1. The Hall–Kier alpha value is -2.56. The van der Waals surface area contributed by atoms with E-state index in [1.54, 1.807) is 12.1 Å². The minimum atomic E-state index is -0.867. The van der Waals surface area contributed by atoms with Gasteiger partial charge in [-0.05, 0) is 152 Å². The number of carbonyl (C=O) groups is 2. The molecule has 5 nitrogen and oxygen atoms in total. The third-order valence-corrected chi connectivity index (χ3v) is 16.3. The zero-order chi connectivity index (χ0) is 34.3. The quantitative estimate of drug-likeness (QED) is 0.318. The fraction of sp³-hybridized carbons (Fsp3) is 0.721. The maximum Gasteiger partial charge on any atom is 0.335 e. The second-order valence-electron chi connectivity index (χ2n) is 18.6. The maximum atomic E-state index is 14.0. The molecule has 4 saturated carbocycles. The van der Waals surface area contributed by atoms with Crippen LogP contribution in [0.1, 0.15) is 141 Å². The highest BCUT2D eigenvalue weighted by Crippen LogP contribution is 2.76. The number of nitrogens with zero attached hydrogens (tertiary/aromatic N) is 1. The monoisotopic (exact) mass is 654 g/mol. The highest BCUT2D eigenvalue weighted by molar-refractivity contribution is 5.88. The van der Waals surface area contributed by atoms with E-state index in [1.807, 2.05) is 12.1 Å². The lowest BCUT2D eigenvalue weighted by Gasteiger charge is -2.72. The van der Waals surface area contributed by atoms with Crippen molar-refractivity contribution in [2.75, 3.05) is 13.1 Å². The fourth-order valence-corrected chi connectivity index (χ4v) is 13.8. The summed E-state index contributed by atoms with van der Waals surface area (Å²) >= 11 is 0. The molecule has 1 heterocycles. The second-order valence-corrected chi connectivity index (χ2v) is 18.6. The number of urea groups is 1. The van der Waals surface area contributed by atoms with Gasteiger partial charge in [0.05, 0.1) is 5.56 Å². The molecule has 0 aromatic heterocycles. The summed E-state index contributed by atoms with van der Waals surface area (Å²) in [5, 5.41) is 13.3. The molecule has 1 aromatic carbocycles. The van der Waals surface area contributed by atoms with E-state index in [1.165, 1.54) is 61.7 Å². The molecule has 6 aliphatic rings. The number of hydrogen-bond acceptors (Lipinski definition) is 2. The first kappa shape index (κ1) is 33.9. The molecule has 262 valence electrons. The van der Waals surface area contributed by atoms with Crippen LogP contribution in [0.15, 0.2) is 42.5 Å². The van der Waals surface area contributed by atoms with Crippen LogP contribution >= 0.6 is 0 Å². The highest BCUT2D eigenvalue weighted by Gasteiger charge is 2.70. The van der Waals surface area contributed by atoms with Gasteiger partial charge in [-0.2, -0.15) is 0 Å². The van der Waals surface area contributed by atoms with Crippen molar-refractivity contribution < 1.29 is 14.7 Å². The molecule has 1 aromatic rings. The number of rotatable bonds is 4. The van der Waals surface area contributed by atoms with Gasteiger partial charge in [0.2, 0.25) is 0 Å². The Bertz CT molecular complexity index is 1490. The van der Waals surface area contributed by atoms with Crippen molar-refractivity contribution in [3.05, 3.63) is 53.6 Å². The lowest BCUT2D eigenvalue weighted by atomic mass is 9.33. The smallest absolute Gasteiger partial charge is 0.335 e. The van der Waals surface area contributed by atoms with Gasteiger partial charge in [0, 0.05) is 18.6 Å². The molecule has 0 spiro atoms. The number of nitrogens with one attached hydrogen (secondary N) is 1. The van der Waals surface area contributed by atoms with Crippen LogP contribution in [0.5, 0.6) is 0 Å². The Balaban J connectivity index is 1.20. The molecule has 2 amide bonds. The van der Waals surface area contributed by atoms with Gasteiger partial charge >= 0.3 is 12.0 Å². The van der Waals surface area contributed by atoms with Gasteiger partial charge < -0.3 is 15.3 Å². The van der Waals surface area contributed by atoms with Crippen LogP contribution in [-0.4, -0.2) is 40.6 Å². The van der Waals surface area contributed by atoms with Gasteiger partial charge in [0.25, 0.3) is 0 Å². The van der Waals surface area contributed by atoms with Crippen LogP contribution in [0.3, 0.4) is 0 Å². The molecule has 5 heteroatoms. The van der Waals surface area contributed by atoms with Gasteiger partial charge in [-0.15, -0.1) is 0 Å². The average molecular weight is 655 g/mol. The summed E-state index contributed by atoms with van der Waals surface area (Å²) in [7, 11) is 0. The summed E-state index contributed by atoms with van der Waals surface area (Å²) in [5.41, 5.74) is 4.82. The first-order valence-corrected chi connectivity index (χ1v) is 19.4. The molecular weight excluding hydrogens is 592 g/mol. The minimum Gasteiger partial charge on any atom is -0.478 e. The number of benzene rings is 1. The van der Waals surface area contributed by atoms with Gasteiger partial charge in [-0.1, -0.05) is 77.8 Å². The summed E-state index contributed by atoms with van der Waals surface area (Å²) < 4.78 is 0. The van der Waals surface area contributed by atoms with Crippen molar-refractivity contribution in [3.8, 4) is 0 Å². The number of likely N-dealkylation sites (tertiary alicyclic amines) is 1. The normalized spacial score (nSPS) is 41.8. The SMILES string of the molecule is C=C(C)[C@@H]1CC[C@]2(NC(=O)N3CCCCCC3)CC[C@]3(C)[C@H](CC[C@@H]4[C@@]5(C)CC=C(c6ccc(C(=O)O)cc6)C(C)(C)[C@@H]5CC[C@]43C)[C@@H]12. The molecule has 0 bridgehead atoms. The minimum absolute atomic E-state index is 0.00660. The number of carboxylic acids is 1. The standard InChI is InChI=1S/C43H62N2O3/c1-28(2)31-18-23-43(44-38(48)45-26-10-8-9-11-27-45)25-24-41(6)33(36(31)43)16-17-35-40(5)21-19-32(29-12-14-30(15-13-29)37(46)47)39(3,4)34(40)20-22-42(35,41)7/h12-15,19,31,33-36H,1,8-11,16-18,20-27H2,2-7H3,(H,44,48)(H,46,47)/t31-,33+,34-,35+,36+,40-,41+,42+,43-/m0/s1. The van der Waals surface area contributed by atoms with E-state index in [2.05, 4.69) is 64.4 Å². The first-order chi connectivity index (χ1) is 22.7. The van der Waals surface area contributed by atoms with Crippen LogP contribution in [0.2, 0.25) is 0 Å². The van der Waals surface area contributed by atoms with Crippen LogP contribution in [0.25, 0.3) is 5.57 Å². The molecule has 9 atom stereocenters. The third kappa shape index (κ3) is 4.89. The van der Waals surface area contributed by atoms with Gasteiger partial charge in [-0.3, -0.25) is 0 Å². The number of amides is 2. The van der Waals surface area contributed by atoms with Crippen molar-refractivity contribution in [1.29, 1.82) is 0 Å². The molecule has 2 N–H and O–H groups in total. The van der Waals surface area contributed by atoms with E-state index >= 15 is 0 Å². The summed E-state index contributed by atoms with van der Waals surface area (Å²) in [6.45, 7) is 21.5. The Morgan fingerprint density at radius 3 is 2.17 bits per heavy atom. The zero-order valence-corrected chi connectivity index (χ0v) is 30.8. The van der Waals surface area contributed by atoms with E-state index in [4.69, 9.17) is 0 Å². The maximum absolute atomic E-state index is 14.0. The molecule has 48 heavy (non-hydrogen) atoms. The van der Waals surface area contributed by atoms with Crippen molar-refractivity contribution in [2.24, 2.45) is 51.2 Å². The fourth-order valence-electron chi connectivity index (χ4n) is 13.8. The number of allylic oxidation sites excluding steroid dienone is 3. The Kier molecular flexibility index (Phi) is 8.31. The molecule has 5 aliphatic carbocycles. The van der Waals surface area contributed by atoms with Gasteiger partial charge in [-0.25, -0.2) is 9.59 Å². The number of carbonyl (C=O) groups excluding carboxylic acids is 1. The lowest BCUT2D eigenvalue weighted by Crippen LogP contribution is -2.68. The number of carboxylic acid groups (broad SMARTS) is 1. The summed E-state index contributed by atoms with van der Waals surface area (Å²) in [6, 6.07) is 7.79. The number of hydrogen-bond donors (Lipinski definition) is 2. The highest BCUT2D eigenvalue weighted by atomic mass is 16.4. The van der Waals surface area contributed by atoms with Crippen molar-refractivity contribution >= 4 is 17.6 Å². The van der Waals surface area contributed by atoms with Crippen LogP contribution in [0, 0.1) is 51.2 Å².